The molecule has 0 aliphatic heterocycles. The third-order valence-corrected chi connectivity index (χ3v) is 2.49. The summed E-state index contributed by atoms with van der Waals surface area (Å²) in [5.41, 5.74) is 5.26. The maximum Gasteiger partial charge on any atom is 0.311 e. The fraction of sp³-hybridized carbons (Fsp3) is 0. The van der Waals surface area contributed by atoms with Gasteiger partial charge in [0.15, 0.2) is 5.75 Å². The van der Waals surface area contributed by atoms with Gasteiger partial charge in [0.25, 0.3) is 5.69 Å². The lowest BCUT2D eigenvalue weighted by molar-refractivity contribution is -0.385. The number of rotatable bonds is 4. The Balaban J connectivity index is 2.36. The van der Waals surface area contributed by atoms with Gasteiger partial charge in [-0.05, 0) is 12.1 Å². The van der Waals surface area contributed by atoms with Crippen molar-refractivity contribution in [1.29, 1.82) is 0 Å². The van der Waals surface area contributed by atoms with Gasteiger partial charge in [-0.25, -0.2) is 0 Å². The van der Waals surface area contributed by atoms with E-state index in [1.807, 2.05) is 0 Å². The van der Waals surface area contributed by atoms with Gasteiger partial charge in [-0.15, -0.1) is 0 Å². The summed E-state index contributed by atoms with van der Waals surface area (Å²) in [5.74, 6) is 0.128. The van der Waals surface area contributed by atoms with E-state index in [1.54, 1.807) is 6.07 Å². The lowest BCUT2D eigenvalue weighted by Crippen LogP contribution is -1.97. The van der Waals surface area contributed by atoms with Gasteiger partial charge in [-0.2, -0.15) is 0 Å². The molecule has 0 heterocycles. The Kier molecular flexibility index (Phi) is 3.47. The van der Waals surface area contributed by atoms with Gasteiger partial charge in [0.05, 0.1) is 15.5 Å². The van der Waals surface area contributed by atoms with E-state index in [1.165, 1.54) is 30.3 Å². The van der Waals surface area contributed by atoms with Gasteiger partial charge in [0, 0.05) is 18.2 Å². The maximum absolute atomic E-state index is 10.8. The Morgan fingerprint density at radius 2 is 1.65 bits per heavy atom. The number of hydrogen-bond acceptors (Lipinski definition) is 6. The third kappa shape index (κ3) is 2.64. The molecule has 8 heteroatoms. The Bertz CT molecular complexity index is 687. The van der Waals surface area contributed by atoms with E-state index in [-0.39, 0.29) is 28.6 Å². The van der Waals surface area contributed by atoms with E-state index >= 15 is 0 Å². The van der Waals surface area contributed by atoms with Crippen molar-refractivity contribution in [2.75, 3.05) is 5.73 Å². The molecule has 0 radical (unpaired) electrons. The predicted octanol–water partition coefficient (Wildman–Crippen LogP) is 2.88. The molecule has 20 heavy (non-hydrogen) atoms. The molecule has 2 aromatic rings. The highest BCUT2D eigenvalue weighted by molar-refractivity contribution is 5.60. The number of nitrogens with two attached hydrogens (primary N) is 1. The first-order chi connectivity index (χ1) is 9.49. The Morgan fingerprint density at radius 3 is 2.25 bits per heavy atom. The minimum absolute atomic E-state index is 0.0121. The van der Waals surface area contributed by atoms with Gasteiger partial charge in [0.1, 0.15) is 0 Å². The molecular weight excluding hydrogens is 266 g/mol. The number of nitrogen functional groups attached to an aromatic ring is 1. The third-order valence-electron chi connectivity index (χ3n) is 2.49. The average molecular weight is 275 g/mol. The van der Waals surface area contributed by atoms with E-state index in [4.69, 9.17) is 10.5 Å². The zero-order valence-electron chi connectivity index (χ0n) is 10.1. The minimum Gasteiger partial charge on any atom is -0.448 e. The number of non-ortho nitro benzene ring substituents is 1. The van der Waals surface area contributed by atoms with Crippen LogP contribution in [0.2, 0.25) is 0 Å². The summed E-state index contributed by atoms with van der Waals surface area (Å²) in [6, 6.07) is 9.42. The number of nitro benzene ring substituents is 2. The molecule has 0 aliphatic rings. The Morgan fingerprint density at radius 1 is 0.950 bits per heavy atom. The number of para-hydroxylation sites is 2. The summed E-state index contributed by atoms with van der Waals surface area (Å²) < 4.78 is 5.35. The fourth-order valence-corrected chi connectivity index (χ4v) is 1.56. The highest BCUT2D eigenvalue weighted by atomic mass is 16.6. The molecule has 0 bridgehead atoms. The van der Waals surface area contributed by atoms with Crippen LogP contribution in [0.25, 0.3) is 0 Å². The Labute approximate surface area is 112 Å². The molecule has 0 aromatic heterocycles. The van der Waals surface area contributed by atoms with E-state index in [0.717, 1.165) is 6.07 Å². The quantitative estimate of drug-likeness (QED) is 0.520. The van der Waals surface area contributed by atoms with Crippen molar-refractivity contribution in [3.8, 4) is 11.5 Å². The first kappa shape index (κ1) is 13.3. The van der Waals surface area contributed by atoms with E-state index in [0.29, 0.717) is 0 Å². The second kappa shape index (κ2) is 5.22. The molecule has 0 atom stereocenters. The lowest BCUT2D eigenvalue weighted by Gasteiger charge is -2.08. The first-order valence-electron chi connectivity index (χ1n) is 5.44. The molecule has 2 rings (SSSR count). The second-order valence-corrected chi connectivity index (χ2v) is 3.81. The highest BCUT2D eigenvalue weighted by Crippen LogP contribution is 2.35. The maximum atomic E-state index is 10.8. The first-order valence-corrected chi connectivity index (χ1v) is 5.44. The molecule has 8 nitrogen and oxygen atoms in total. The van der Waals surface area contributed by atoms with Crippen molar-refractivity contribution >= 4 is 17.1 Å². The summed E-state index contributed by atoms with van der Waals surface area (Å²) in [7, 11) is 0. The van der Waals surface area contributed by atoms with E-state index in [2.05, 4.69) is 0 Å². The zero-order chi connectivity index (χ0) is 14.7. The number of ether oxygens (including phenoxy) is 1. The molecule has 0 spiro atoms. The molecule has 102 valence electrons. The summed E-state index contributed by atoms with van der Waals surface area (Å²) in [5, 5.41) is 21.4. The summed E-state index contributed by atoms with van der Waals surface area (Å²) in [6.07, 6.45) is 0. The van der Waals surface area contributed by atoms with Crippen molar-refractivity contribution in [3.63, 3.8) is 0 Å². The number of nitro groups is 2. The number of hydrogen-bond donors (Lipinski definition) is 1. The molecule has 2 aromatic carbocycles. The van der Waals surface area contributed by atoms with E-state index < -0.39 is 9.85 Å². The minimum atomic E-state index is -0.592. The van der Waals surface area contributed by atoms with Crippen LogP contribution in [0.5, 0.6) is 11.5 Å². The average Bonchev–Trinajstić information content (AvgIpc) is 2.41. The largest absolute Gasteiger partial charge is 0.448 e. The SMILES string of the molecule is Nc1cc([N+](=O)[O-])ccc1Oc1ccccc1[N+](=O)[O-]. The van der Waals surface area contributed by atoms with Gasteiger partial charge in [0.2, 0.25) is 5.75 Å². The fourth-order valence-electron chi connectivity index (χ4n) is 1.56. The molecule has 0 saturated carbocycles. The second-order valence-electron chi connectivity index (χ2n) is 3.81. The van der Waals surface area contributed by atoms with Gasteiger partial charge in [-0.1, -0.05) is 12.1 Å². The van der Waals surface area contributed by atoms with Crippen molar-refractivity contribution < 1.29 is 14.6 Å². The summed E-state index contributed by atoms with van der Waals surface area (Å²) >= 11 is 0. The molecule has 0 saturated heterocycles. The topological polar surface area (TPSA) is 122 Å². The summed E-state index contributed by atoms with van der Waals surface area (Å²) in [4.78, 5) is 20.3. The molecule has 0 amide bonds. The van der Waals surface area contributed by atoms with Crippen molar-refractivity contribution in [1.82, 2.24) is 0 Å². The van der Waals surface area contributed by atoms with Crippen LogP contribution in [0.15, 0.2) is 42.5 Å². The van der Waals surface area contributed by atoms with Crippen LogP contribution in [-0.4, -0.2) is 9.85 Å². The van der Waals surface area contributed by atoms with Crippen molar-refractivity contribution in [2.24, 2.45) is 0 Å². The van der Waals surface area contributed by atoms with Crippen molar-refractivity contribution in [3.05, 3.63) is 62.7 Å². The summed E-state index contributed by atoms with van der Waals surface area (Å²) in [6.45, 7) is 0. The van der Waals surface area contributed by atoms with Crippen LogP contribution in [0.3, 0.4) is 0 Å². The molecule has 0 fully saturated rings. The van der Waals surface area contributed by atoms with Crippen LogP contribution >= 0.6 is 0 Å². The van der Waals surface area contributed by atoms with Gasteiger partial charge >= 0.3 is 5.69 Å². The molecule has 0 aliphatic carbocycles. The van der Waals surface area contributed by atoms with Crippen LogP contribution in [-0.2, 0) is 0 Å². The zero-order valence-corrected chi connectivity index (χ0v) is 10.1. The number of benzene rings is 2. The van der Waals surface area contributed by atoms with Gasteiger partial charge < -0.3 is 10.5 Å². The van der Waals surface area contributed by atoms with Crippen LogP contribution in [0.4, 0.5) is 17.1 Å². The molecule has 0 unspecified atom stereocenters. The standard InChI is InChI=1S/C12H9N3O5/c13-9-7-8(14(16)17)5-6-11(9)20-12-4-2-1-3-10(12)15(18)19/h1-7H,13H2. The van der Waals surface area contributed by atoms with E-state index in [9.17, 15) is 20.2 Å². The number of nitrogens with zero attached hydrogens (tertiary/aromatic N) is 2. The monoisotopic (exact) mass is 275 g/mol. The van der Waals surface area contributed by atoms with Crippen LogP contribution in [0, 0.1) is 20.2 Å². The lowest BCUT2D eigenvalue weighted by atomic mass is 10.2. The van der Waals surface area contributed by atoms with Crippen LogP contribution < -0.4 is 10.5 Å². The molecule has 2 N–H and O–H groups in total. The Hall–Kier alpha value is -3.16. The normalized spacial score (nSPS) is 10.0. The van der Waals surface area contributed by atoms with Crippen molar-refractivity contribution in [2.45, 2.75) is 0 Å². The highest BCUT2D eigenvalue weighted by Gasteiger charge is 2.16. The van der Waals surface area contributed by atoms with Gasteiger partial charge in [-0.3, -0.25) is 20.2 Å². The smallest absolute Gasteiger partial charge is 0.311 e. The number of anilines is 1. The predicted molar refractivity (Wildman–Crippen MR) is 70.7 cm³/mol. The molecular formula is C12H9N3O5. The van der Waals surface area contributed by atoms with Crippen LogP contribution in [0.1, 0.15) is 0 Å².